The van der Waals surface area contributed by atoms with Gasteiger partial charge in [0.1, 0.15) is 5.82 Å². The Morgan fingerprint density at radius 1 is 1.10 bits per heavy atom. The highest BCUT2D eigenvalue weighted by Gasteiger charge is 2.43. The summed E-state index contributed by atoms with van der Waals surface area (Å²) in [4.78, 5) is -0.0746. The van der Waals surface area contributed by atoms with Crippen LogP contribution in [0.5, 0.6) is 0 Å². The molecule has 0 saturated carbocycles. The van der Waals surface area contributed by atoms with Crippen LogP contribution < -0.4 is 0 Å². The minimum Gasteiger partial charge on any atom is -0.343 e. The van der Waals surface area contributed by atoms with Crippen LogP contribution in [-0.4, -0.2) is 18.0 Å². The van der Waals surface area contributed by atoms with Gasteiger partial charge in [0.15, 0.2) is 0 Å². The van der Waals surface area contributed by atoms with Crippen molar-refractivity contribution in [3.63, 3.8) is 0 Å². The molecule has 1 heterocycles. The largest absolute Gasteiger partial charge is 0.343 e. The van der Waals surface area contributed by atoms with E-state index in [9.17, 15) is 4.39 Å². The minimum atomic E-state index is -0.907. The number of hydrogen-bond donors (Lipinski definition) is 0. The first kappa shape index (κ1) is 14.7. The lowest BCUT2D eigenvalue weighted by molar-refractivity contribution is -0.161. The van der Waals surface area contributed by atoms with Gasteiger partial charge in [-0.05, 0) is 18.6 Å². The Morgan fingerprint density at radius 3 is 2.33 bits per heavy atom. The summed E-state index contributed by atoms with van der Waals surface area (Å²) in [5.74, 6) is -1.18. The zero-order valence-electron chi connectivity index (χ0n) is 11.7. The van der Waals surface area contributed by atoms with Crippen molar-refractivity contribution in [1.29, 1.82) is 0 Å². The topological polar surface area (TPSA) is 18.5 Å². The molecule has 1 unspecified atom stereocenters. The van der Waals surface area contributed by atoms with Crippen molar-refractivity contribution in [2.75, 3.05) is 13.2 Å². The van der Waals surface area contributed by atoms with E-state index < -0.39 is 5.79 Å². The van der Waals surface area contributed by atoms with Crippen molar-refractivity contribution in [1.82, 2.24) is 0 Å². The van der Waals surface area contributed by atoms with Gasteiger partial charge in [-0.15, -0.1) is 0 Å². The number of ether oxygens (including phenoxy) is 2. The van der Waals surface area contributed by atoms with Crippen molar-refractivity contribution in [3.05, 3.63) is 59.9 Å². The van der Waals surface area contributed by atoms with Gasteiger partial charge in [0, 0.05) is 11.1 Å². The van der Waals surface area contributed by atoms with E-state index in [-0.39, 0.29) is 10.6 Å². The van der Waals surface area contributed by atoms with Crippen LogP contribution in [0.4, 0.5) is 4.39 Å². The number of hydrogen-bond acceptors (Lipinski definition) is 2. The number of rotatable bonds is 3. The first-order chi connectivity index (χ1) is 10.1. The fourth-order valence-corrected chi connectivity index (χ4v) is 3.17. The van der Waals surface area contributed by atoms with Gasteiger partial charge in [-0.25, -0.2) is 4.39 Å². The summed E-state index contributed by atoms with van der Waals surface area (Å²) < 4.78 is 26.0. The lowest BCUT2D eigenvalue weighted by Crippen LogP contribution is -2.35. The maximum Gasteiger partial charge on any atom is 0.207 e. The molecule has 0 N–H and O–H groups in total. The monoisotopic (exact) mass is 350 g/mol. The van der Waals surface area contributed by atoms with Crippen molar-refractivity contribution < 1.29 is 13.9 Å². The number of benzene rings is 2. The Morgan fingerprint density at radius 2 is 1.76 bits per heavy atom. The van der Waals surface area contributed by atoms with Gasteiger partial charge in [0.2, 0.25) is 5.79 Å². The third kappa shape index (κ3) is 2.63. The maximum absolute atomic E-state index is 14.5. The molecule has 21 heavy (non-hydrogen) atoms. The van der Waals surface area contributed by atoms with Crippen molar-refractivity contribution >= 4 is 15.9 Å². The smallest absolute Gasteiger partial charge is 0.207 e. The molecule has 0 radical (unpaired) electrons. The van der Waals surface area contributed by atoms with Crippen LogP contribution in [-0.2, 0) is 15.3 Å². The van der Waals surface area contributed by atoms with Crippen molar-refractivity contribution in [3.8, 4) is 11.1 Å². The van der Waals surface area contributed by atoms with Crippen LogP contribution >= 0.6 is 15.9 Å². The molecule has 1 aliphatic heterocycles. The quantitative estimate of drug-likeness (QED) is 0.760. The molecule has 2 aromatic rings. The number of alkyl halides is 1. The van der Waals surface area contributed by atoms with E-state index in [1.807, 2.05) is 43.3 Å². The summed E-state index contributed by atoms with van der Waals surface area (Å²) in [6.45, 7) is 2.96. The van der Waals surface area contributed by atoms with Crippen LogP contribution in [0.2, 0.25) is 0 Å². The molecule has 0 spiro atoms. The second kappa shape index (κ2) is 5.87. The minimum absolute atomic E-state index is 0.0746. The lowest BCUT2D eigenvalue weighted by atomic mass is 9.98. The summed E-state index contributed by atoms with van der Waals surface area (Å²) in [6.07, 6.45) is 0. The predicted molar refractivity (Wildman–Crippen MR) is 83.8 cm³/mol. The fourth-order valence-electron chi connectivity index (χ4n) is 2.64. The summed E-state index contributed by atoms with van der Waals surface area (Å²) in [5.41, 5.74) is 2.13. The van der Waals surface area contributed by atoms with E-state index in [0.29, 0.717) is 24.3 Å². The van der Waals surface area contributed by atoms with Crippen LogP contribution in [0.1, 0.15) is 12.5 Å². The normalized spacial score (nSPS) is 18.6. The Hall–Kier alpha value is -1.23. The molecular weight excluding hydrogens is 335 g/mol. The zero-order valence-corrected chi connectivity index (χ0v) is 13.3. The van der Waals surface area contributed by atoms with Crippen LogP contribution in [0.15, 0.2) is 48.5 Å². The maximum atomic E-state index is 14.5. The van der Waals surface area contributed by atoms with Gasteiger partial charge in [-0.1, -0.05) is 58.4 Å². The molecule has 110 valence electrons. The third-order valence-electron chi connectivity index (χ3n) is 3.70. The van der Waals surface area contributed by atoms with Gasteiger partial charge >= 0.3 is 0 Å². The third-order valence-corrected chi connectivity index (χ3v) is 4.30. The van der Waals surface area contributed by atoms with E-state index in [0.717, 1.165) is 5.56 Å². The van der Waals surface area contributed by atoms with Gasteiger partial charge in [-0.2, -0.15) is 0 Å². The Bertz CT molecular complexity index is 622. The van der Waals surface area contributed by atoms with Gasteiger partial charge < -0.3 is 9.47 Å². The molecule has 1 atom stereocenters. The van der Waals surface area contributed by atoms with Crippen LogP contribution in [0.3, 0.4) is 0 Å². The molecule has 1 saturated heterocycles. The Labute approximate surface area is 132 Å². The average Bonchev–Trinajstić information content (AvgIpc) is 2.99. The first-order valence-electron chi connectivity index (χ1n) is 6.91. The molecule has 0 bridgehead atoms. The summed E-state index contributed by atoms with van der Waals surface area (Å²) in [5, 5.41) is 0. The molecule has 1 fully saturated rings. The first-order valence-corrected chi connectivity index (χ1v) is 7.82. The summed E-state index contributed by atoms with van der Waals surface area (Å²) >= 11 is 3.51. The molecule has 1 aliphatic rings. The van der Waals surface area contributed by atoms with Gasteiger partial charge in [0.25, 0.3) is 0 Å². The Kier molecular flexibility index (Phi) is 4.11. The van der Waals surface area contributed by atoms with E-state index >= 15 is 0 Å². The standard InChI is InChI=1S/C17H16BrFO2/c1-12(18)17(20-9-10-21-17)14-7-8-15(16(19)11-14)13-5-3-2-4-6-13/h2-8,11-12H,9-10H2,1H3. The van der Waals surface area contributed by atoms with Gasteiger partial charge in [0.05, 0.1) is 18.0 Å². The van der Waals surface area contributed by atoms with E-state index in [4.69, 9.17) is 9.47 Å². The lowest BCUT2D eigenvalue weighted by Gasteiger charge is -2.30. The van der Waals surface area contributed by atoms with E-state index in [1.54, 1.807) is 6.07 Å². The van der Waals surface area contributed by atoms with Gasteiger partial charge in [-0.3, -0.25) is 0 Å². The second-order valence-corrected chi connectivity index (χ2v) is 6.41. The molecule has 0 amide bonds. The van der Waals surface area contributed by atoms with Crippen LogP contribution in [0, 0.1) is 5.82 Å². The molecule has 2 nitrogen and oxygen atoms in total. The highest BCUT2D eigenvalue weighted by molar-refractivity contribution is 9.09. The zero-order chi connectivity index (χ0) is 14.9. The molecular formula is C17H16BrFO2. The van der Waals surface area contributed by atoms with Crippen LogP contribution in [0.25, 0.3) is 11.1 Å². The molecule has 0 aromatic heterocycles. The number of halogens is 2. The van der Waals surface area contributed by atoms with Crippen molar-refractivity contribution in [2.45, 2.75) is 17.5 Å². The molecule has 4 heteroatoms. The molecule has 3 rings (SSSR count). The van der Waals surface area contributed by atoms with Crippen molar-refractivity contribution in [2.24, 2.45) is 0 Å². The summed E-state index contributed by atoms with van der Waals surface area (Å²) in [6, 6.07) is 14.6. The predicted octanol–water partition coefficient (Wildman–Crippen LogP) is 4.48. The fraction of sp³-hybridized carbons (Fsp3) is 0.294. The highest BCUT2D eigenvalue weighted by Crippen LogP contribution is 2.39. The molecule has 0 aliphatic carbocycles. The summed E-state index contributed by atoms with van der Waals surface area (Å²) in [7, 11) is 0. The average molecular weight is 351 g/mol. The highest BCUT2D eigenvalue weighted by atomic mass is 79.9. The Balaban J connectivity index is 2.02. The SMILES string of the molecule is CC(Br)C1(c2ccc(-c3ccccc3)c(F)c2)OCCO1. The van der Waals surface area contributed by atoms with E-state index in [1.165, 1.54) is 6.07 Å². The van der Waals surface area contributed by atoms with E-state index in [2.05, 4.69) is 15.9 Å². The molecule has 2 aromatic carbocycles. The second-order valence-electron chi connectivity index (χ2n) is 5.04.